The molecule has 3 aromatic rings. The molecule has 0 heterocycles. The van der Waals surface area contributed by atoms with E-state index in [1.165, 1.54) is 11.1 Å². The lowest BCUT2D eigenvalue weighted by molar-refractivity contribution is -0.115. The smallest absolute Gasteiger partial charge is 0.238 e. The van der Waals surface area contributed by atoms with Gasteiger partial charge in [-0.05, 0) is 54.7 Å². The number of benzene rings is 3. The Labute approximate surface area is 165 Å². The summed E-state index contributed by atoms with van der Waals surface area (Å²) in [5.41, 5.74) is 3.37. The molecule has 1 aliphatic carbocycles. The molecule has 0 aliphatic heterocycles. The van der Waals surface area contributed by atoms with Gasteiger partial charge in [-0.15, -0.1) is 0 Å². The summed E-state index contributed by atoms with van der Waals surface area (Å²) in [7, 11) is 0. The molecule has 4 heteroatoms. The van der Waals surface area contributed by atoms with Crippen LogP contribution in [0.25, 0.3) is 0 Å². The highest BCUT2D eigenvalue weighted by Crippen LogP contribution is 2.30. The summed E-state index contributed by atoms with van der Waals surface area (Å²) in [4.78, 5) is 12.5. The minimum absolute atomic E-state index is 0.0767. The number of para-hydroxylation sites is 3. The number of aryl methyl sites for hydroxylation is 1. The van der Waals surface area contributed by atoms with Gasteiger partial charge in [0, 0.05) is 6.04 Å². The fourth-order valence-electron chi connectivity index (χ4n) is 3.65. The van der Waals surface area contributed by atoms with Crippen molar-refractivity contribution in [1.82, 2.24) is 5.32 Å². The Balaban J connectivity index is 1.39. The van der Waals surface area contributed by atoms with Gasteiger partial charge in [-0.25, -0.2) is 0 Å². The fraction of sp³-hybridized carbons (Fsp3) is 0.208. The van der Waals surface area contributed by atoms with Crippen LogP contribution in [0, 0.1) is 0 Å². The van der Waals surface area contributed by atoms with Crippen LogP contribution < -0.4 is 15.4 Å². The summed E-state index contributed by atoms with van der Waals surface area (Å²) in [5, 5.41) is 6.38. The molecule has 0 fully saturated rings. The fourth-order valence-corrected chi connectivity index (χ4v) is 3.65. The summed E-state index contributed by atoms with van der Waals surface area (Å²) in [6.07, 6.45) is 3.31. The van der Waals surface area contributed by atoms with Gasteiger partial charge in [0.25, 0.3) is 0 Å². The Bertz CT molecular complexity index is 940. The first kappa shape index (κ1) is 18.3. The van der Waals surface area contributed by atoms with Crippen molar-refractivity contribution in [1.29, 1.82) is 0 Å². The number of rotatable bonds is 6. The van der Waals surface area contributed by atoms with Gasteiger partial charge in [-0.3, -0.25) is 4.79 Å². The van der Waals surface area contributed by atoms with Crippen LogP contribution in [0.1, 0.15) is 30.0 Å². The monoisotopic (exact) mass is 372 g/mol. The Kier molecular flexibility index (Phi) is 5.69. The highest BCUT2D eigenvalue weighted by molar-refractivity contribution is 5.93. The maximum absolute atomic E-state index is 12.5. The Hall–Kier alpha value is -3.11. The van der Waals surface area contributed by atoms with Crippen LogP contribution >= 0.6 is 0 Å². The van der Waals surface area contributed by atoms with Crippen LogP contribution in [-0.2, 0) is 11.2 Å². The maximum Gasteiger partial charge on any atom is 0.238 e. The zero-order valence-corrected chi connectivity index (χ0v) is 15.7. The molecule has 2 N–H and O–H groups in total. The van der Waals surface area contributed by atoms with Crippen molar-refractivity contribution in [2.45, 2.75) is 25.3 Å². The molecule has 0 aromatic heterocycles. The predicted molar refractivity (Wildman–Crippen MR) is 112 cm³/mol. The van der Waals surface area contributed by atoms with E-state index in [4.69, 9.17) is 4.74 Å². The van der Waals surface area contributed by atoms with E-state index in [0.717, 1.165) is 25.0 Å². The zero-order chi connectivity index (χ0) is 19.2. The molecule has 1 amide bonds. The van der Waals surface area contributed by atoms with Crippen LogP contribution in [0.3, 0.4) is 0 Å². The number of carbonyl (C=O) groups is 1. The number of fused-ring (bicyclic) bond motifs is 1. The highest BCUT2D eigenvalue weighted by Gasteiger charge is 2.20. The van der Waals surface area contributed by atoms with Gasteiger partial charge < -0.3 is 15.4 Å². The van der Waals surface area contributed by atoms with E-state index in [2.05, 4.69) is 34.9 Å². The molecule has 28 heavy (non-hydrogen) atoms. The molecule has 0 saturated carbocycles. The van der Waals surface area contributed by atoms with Crippen LogP contribution in [0.15, 0.2) is 78.9 Å². The lowest BCUT2D eigenvalue weighted by atomic mass is 9.88. The third-order valence-electron chi connectivity index (χ3n) is 5.01. The minimum atomic E-state index is -0.0767. The van der Waals surface area contributed by atoms with Crippen molar-refractivity contribution in [3.8, 4) is 11.5 Å². The van der Waals surface area contributed by atoms with Crippen LogP contribution in [0.5, 0.6) is 11.5 Å². The number of ether oxygens (including phenoxy) is 1. The van der Waals surface area contributed by atoms with Gasteiger partial charge in [-0.1, -0.05) is 54.6 Å². The Morgan fingerprint density at radius 2 is 1.68 bits per heavy atom. The third kappa shape index (κ3) is 4.41. The van der Waals surface area contributed by atoms with Gasteiger partial charge >= 0.3 is 0 Å². The van der Waals surface area contributed by atoms with Crippen LogP contribution in [-0.4, -0.2) is 12.5 Å². The molecule has 4 rings (SSSR count). The van der Waals surface area contributed by atoms with Crippen molar-refractivity contribution >= 4 is 11.6 Å². The highest BCUT2D eigenvalue weighted by atomic mass is 16.5. The van der Waals surface area contributed by atoms with Crippen molar-refractivity contribution in [2.24, 2.45) is 0 Å². The Morgan fingerprint density at radius 1 is 0.929 bits per heavy atom. The number of amides is 1. The minimum Gasteiger partial charge on any atom is -0.455 e. The van der Waals surface area contributed by atoms with Crippen molar-refractivity contribution < 1.29 is 9.53 Å². The molecule has 4 nitrogen and oxygen atoms in total. The molecule has 142 valence electrons. The van der Waals surface area contributed by atoms with Gasteiger partial charge in [0.15, 0.2) is 5.75 Å². The second kappa shape index (κ2) is 8.72. The van der Waals surface area contributed by atoms with Crippen LogP contribution in [0.2, 0.25) is 0 Å². The van der Waals surface area contributed by atoms with Crippen molar-refractivity contribution in [2.75, 3.05) is 11.9 Å². The average molecular weight is 372 g/mol. The first-order valence-electron chi connectivity index (χ1n) is 9.72. The summed E-state index contributed by atoms with van der Waals surface area (Å²) in [6, 6.07) is 25.8. The normalized spacial score (nSPS) is 15.5. The molecule has 0 bridgehead atoms. The van der Waals surface area contributed by atoms with Gasteiger partial charge in [-0.2, -0.15) is 0 Å². The van der Waals surface area contributed by atoms with Gasteiger partial charge in [0.1, 0.15) is 5.75 Å². The first-order chi connectivity index (χ1) is 13.8. The number of nitrogens with one attached hydrogen (secondary N) is 2. The number of hydrogen-bond acceptors (Lipinski definition) is 3. The van der Waals surface area contributed by atoms with E-state index in [9.17, 15) is 4.79 Å². The lowest BCUT2D eigenvalue weighted by Crippen LogP contribution is -2.33. The summed E-state index contributed by atoms with van der Waals surface area (Å²) >= 11 is 0. The molecule has 0 spiro atoms. The largest absolute Gasteiger partial charge is 0.455 e. The van der Waals surface area contributed by atoms with E-state index in [-0.39, 0.29) is 18.5 Å². The summed E-state index contributed by atoms with van der Waals surface area (Å²) < 4.78 is 5.92. The maximum atomic E-state index is 12.5. The van der Waals surface area contributed by atoms with E-state index < -0.39 is 0 Å². The van der Waals surface area contributed by atoms with Crippen molar-refractivity contribution in [3.63, 3.8) is 0 Å². The van der Waals surface area contributed by atoms with Crippen LogP contribution in [0.4, 0.5) is 5.69 Å². The standard InChI is InChI=1S/C24H24N2O2/c27-24(17-25-21-15-8-10-18-9-4-5-13-20(18)21)26-22-14-6-7-16-23(22)28-19-11-2-1-3-12-19/h1-7,9,11-14,16,21,25H,8,10,15,17H2,(H,26,27)/t21-/m1/s1. The first-order valence-corrected chi connectivity index (χ1v) is 9.72. The van der Waals surface area contributed by atoms with Gasteiger partial charge in [0.2, 0.25) is 5.91 Å². The zero-order valence-electron chi connectivity index (χ0n) is 15.7. The molecule has 0 radical (unpaired) electrons. The molecule has 0 unspecified atom stereocenters. The van der Waals surface area contributed by atoms with E-state index in [1.54, 1.807) is 0 Å². The van der Waals surface area contributed by atoms with E-state index in [1.807, 2.05) is 54.6 Å². The quantitative estimate of drug-likeness (QED) is 0.634. The molecular formula is C24H24N2O2. The van der Waals surface area contributed by atoms with Crippen molar-refractivity contribution in [3.05, 3.63) is 90.0 Å². The molecule has 1 atom stereocenters. The Morgan fingerprint density at radius 3 is 2.57 bits per heavy atom. The SMILES string of the molecule is O=C(CN[C@@H]1CCCc2ccccc21)Nc1ccccc1Oc1ccccc1. The summed E-state index contributed by atoms with van der Waals surface area (Å²) in [5.74, 6) is 1.29. The number of hydrogen-bond donors (Lipinski definition) is 2. The number of anilines is 1. The number of carbonyl (C=O) groups excluding carboxylic acids is 1. The second-order valence-electron chi connectivity index (χ2n) is 6.98. The molecule has 3 aromatic carbocycles. The average Bonchev–Trinajstić information content (AvgIpc) is 2.74. The molecule has 0 saturated heterocycles. The summed E-state index contributed by atoms with van der Waals surface area (Å²) in [6.45, 7) is 0.263. The van der Waals surface area contributed by atoms with E-state index in [0.29, 0.717) is 11.4 Å². The predicted octanol–water partition coefficient (Wildman–Crippen LogP) is 5.08. The molecule has 1 aliphatic rings. The van der Waals surface area contributed by atoms with E-state index >= 15 is 0 Å². The van der Waals surface area contributed by atoms with Gasteiger partial charge in [0.05, 0.1) is 12.2 Å². The molecular weight excluding hydrogens is 348 g/mol. The second-order valence-corrected chi connectivity index (χ2v) is 6.98. The third-order valence-corrected chi connectivity index (χ3v) is 5.01. The topological polar surface area (TPSA) is 50.4 Å². The lowest BCUT2D eigenvalue weighted by Gasteiger charge is -2.26.